The van der Waals surface area contributed by atoms with Crippen LogP contribution in [0, 0.1) is 5.92 Å². The summed E-state index contributed by atoms with van der Waals surface area (Å²) < 4.78 is 30.4. The lowest BCUT2D eigenvalue weighted by Gasteiger charge is -2.43. The number of methoxy groups -OCH3 is 1. The predicted octanol–water partition coefficient (Wildman–Crippen LogP) is 7.81. The van der Waals surface area contributed by atoms with Crippen molar-refractivity contribution in [2.45, 2.75) is 90.4 Å². The molecule has 4 aromatic rings. The number of allylic oxidation sites excluding steroid dienone is 1. The smallest absolute Gasteiger partial charge is 0.339 e. The third kappa shape index (κ3) is 7.86. The van der Waals surface area contributed by atoms with Crippen LogP contribution in [0.25, 0.3) is 11.0 Å². The van der Waals surface area contributed by atoms with Crippen LogP contribution in [0.2, 0.25) is 0 Å². The Kier molecular flexibility index (Phi) is 10.6. The first-order valence-electron chi connectivity index (χ1n) is 17.5. The van der Waals surface area contributed by atoms with Crippen molar-refractivity contribution in [1.82, 2.24) is 0 Å². The second kappa shape index (κ2) is 15.1. The Morgan fingerprint density at radius 1 is 0.860 bits per heavy atom. The van der Waals surface area contributed by atoms with Crippen molar-refractivity contribution < 1.29 is 33.0 Å². The highest BCUT2D eigenvalue weighted by Crippen LogP contribution is 2.47. The first-order valence-corrected chi connectivity index (χ1v) is 17.5. The van der Waals surface area contributed by atoms with Crippen molar-refractivity contribution >= 4 is 22.9 Å². The average Bonchev–Trinajstić information content (AvgIpc) is 3.08. The quantitative estimate of drug-likeness (QED) is 0.116. The minimum absolute atomic E-state index is 0.0131. The zero-order chi connectivity index (χ0) is 35.4. The molecule has 1 aromatic heterocycles. The van der Waals surface area contributed by atoms with E-state index < -0.39 is 35.4 Å². The molecule has 0 spiro atoms. The average molecular weight is 679 g/mol. The standard InChI is InChI=1S/C42H46O8/c1-26(2)33-19-17-28-11-14-29(15-12-28)23-30(16-13-27-9-7-6-8-10-27)24-35(43)47-38-36-34(50-42(3,4)39(38)49-41(33)45)20-18-31-25-32(21-22-46-5)40(44)48-37(31)36/h6-12,14-15,18,20,25,30,38-39H,13,16-17,19,21-24H2,1-5H3. The van der Waals surface area contributed by atoms with Crippen LogP contribution >= 0.6 is 0 Å². The zero-order valence-corrected chi connectivity index (χ0v) is 29.6. The highest BCUT2D eigenvalue weighted by molar-refractivity contribution is 5.90. The number of hydrogen-bond acceptors (Lipinski definition) is 8. The maximum atomic E-state index is 14.1. The van der Waals surface area contributed by atoms with Crippen LogP contribution in [0.1, 0.15) is 80.9 Å². The van der Waals surface area contributed by atoms with Crippen molar-refractivity contribution in [1.29, 1.82) is 0 Å². The van der Waals surface area contributed by atoms with Crippen LogP contribution in [0.5, 0.6) is 5.75 Å². The van der Waals surface area contributed by atoms with Crippen molar-refractivity contribution in [2.24, 2.45) is 5.92 Å². The summed E-state index contributed by atoms with van der Waals surface area (Å²) in [4.78, 5) is 41.4. The molecule has 2 bridgehead atoms. The second-order valence-electron chi connectivity index (χ2n) is 14.2. The molecule has 3 atom stereocenters. The summed E-state index contributed by atoms with van der Waals surface area (Å²) in [6.45, 7) is 7.78. The van der Waals surface area contributed by atoms with Crippen molar-refractivity contribution in [3.63, 3.8) is 0 Å². The maximum absolute atomic E-state index is 14.1. The fraction of sp³-hybridized carbons (Fsp3) is 0.405. The van der Waals surface area contributed by atoms with Gasteiger partial charge in [0.2, 0.25) is 0 Å². The number of benzene rings is 3. The molecule has 8 heteroatoms. The monoisotopic (exact) mass is 678 g/mol. The van der Waals surface area contributed by atoms with Crippen LogP contribution in [0.4, 0.5) is 0 Å². The number of hydrogen-bond donors (Lipinski definition) is 0. The largest absolute Gasteiger partial charge is 0.483 e. The van der Waals surface area contributed by atoms with E-state index in [-0.39, 0.29) is 17.9 Å². The minimum atomic E-state index is -1.10. The molecule has 0 N–H and O–H groups in total. The molecular weight excluding hydrogens is 632 g/mol. The number of rotatable bonds is 6. The van der Waals surface area contributed by atoms with E-state index in [1.54, 1.807) is 19.2 Å². The number of ether oxygens (including phenoxy) is 4. The van der Waals surface area contributed by atoms with Crippen molar-refractivity contribution in [3.8, 4) is 5.75 Å². The van der Waals surface area contributed by atoms with Gasteiger partial charge in [-0.3, -0.25) is 4.79 Å². The molecule has 3 unspecified atom stereocenters. The van der Waals surface area contributed by atoms with E-state index in [1.165, 1.54) is 5.56 Å². The van der Waals surface area contributed by atoms with Crippen LogP contribution in [-0.4, -0.2) is 37.4 Å². The maximum Gasteiger partial charge on any atom is 0.339 e. The first-order chi connectivity index (χ1) is 24.0. The lowest BCUT2D eigenvalue weighted by Crippen LogP contribution is -2.52. The van der Waals surface area contributed by atoms with Gasteiger partial charge < -0.3 is 23.4 Å². The van der Waals surface area contributed by atoms with E-state index in [9.17, 15) is 14.4 Å². The minimum Gasteiger partial charge on any atom is -0.483 e. The molecule has 0 fully saturated rings. The molecule has 0 saturated heterocycles. The summed E-state index contributed by atoms with van der Waals surface area (Å²) in [6.07, 6.45) is 1.84. The van der Waals surface area contributed by atoms with Crippen LogP contribution < -0.4 is 10.4 Å². The summed E-state index contributed by atoms with van der Waals surface area (Å²) >= 11 is 0. The van der Waals surface area contributed by atoms with Gasteiger partial charge in [-0.1, -0.05) is 60.2 Å². The Bertz CT molecular complexity index is 1930. The third-order valence-electron chi connectivity index (χ3n) is 9.86. The molecule has 7 rings (SSSR count). The first kappa shape index (κ1) is 35.1. The lowest BCUT2D eigenvalue weighted by atomic mass is 9.86. The van der Waals surface area contributed by atoms with Gasteiger partial charge >= 0.3 is 17.6 Å². The van der Waals surface area contributed by atoms with E-state index >= 15 is 0 Å². The zero-order valence-electron chi connectivity index (χ0n) is 29.6. The molecular formula is C42H46O8. The van der Waals surface area contributed by atoms with Gasteiger partial charge in [-0.2, -0.15) is 0 Å². The van der Waals surface area contributed by atoms with Gasteiger partial charge in [0, 0.05) is 36.5 Å². The SMILES string of the molecule is COCCc1cc2ccc3c(c2oc1=O)C1OC(=O)CC(CCc2ccccc2)Cc2ccc(cc2)CCC(=C(C)C)C(=O)OC1C(C)(C)O3. The molecule has 262 valence electrons. The number of esters is 2. The number of fused-ring (bicyclic) bond motifs is 13. The molecule has 3 aliphatic rings. The molecule has 0 aliphatic carbocycles. The number of carbonyl (C=O) groups is 2. The van der Waals surface area contributed by atoms with Crippen molar-refractivity contribution in [2.75, 3.05) is 13.7 Å². The Morgan fingerprint density at radius 2 is 1.60 bits per heavy atom. The summed E-state index contributed by atoms with van der Waals surface area (Å²) in [7, 11) is 1.58. The van der Waals surface area contributed by atoms with Gasteiger partial charge in [-0.25, -0.2) is 9.59 Å². The Labute approximate surface area is 293 Å². The molecule has 4 heterocycles. The van der Waals surface area contributed by atoms with Gasteiger partial charge in [-0.15, -0.1) is 0 Å². The van der Waals surface area contributed by atoms with Crippen LogP contribution in [-0.2, 0) is 49.5 Å². The van der Waals surface area contributed by atoms with Crippen LogP contribution in [0.3, 0.4) is 0 Å². The molecule has 50 heavy (non-hydrogen) atoms. The Hall–Kier alpha value is -4.69. The summed E-state index contributed by atoms with van der Waals surface area (Å²) in [5, 5.41) is 0.639. The summed E-state index contributed by atoms with van der Waals surface area (Å²) in [6, 6.07) is 24.1. The summed E-state index contributed by atoms with van der Waals surface area (Å²) in [5.41, 5.74) is 4.33. The van der Waals surface area contributed by atoms with E-state index in [1.807, 2.05) is 52.0 Å². The Balaban J connectivity index is 1.44. The van der Waals surface area contributed by atoms with E-state index in [0.29, 0.717) is 60.1 Å². The molecule has 3 aromatic carbocycles. The lowest BCUT2D eigenvalue weighted by molar-refractivity contribution is -0.188. The van der Waals surface area contributed by atoms with Crippen molar-refractivity contribution in [3.05, 3.63) is 122 Å². The van der Waals surface area contributed by atoms with Gasteiger partial charge in [0.1, 0.15) is 16.9 Å². The van der Waals surface area contributed by atoms with Gasteiger partial charge in [0.15, 0.2) is 12.2 Å². The highest BCUT2D eigenvalue weighted by Gasteiger charge is 2.50. The Morgan fingerprint density at radius 3 is 2.32 bits per heavy atom. The van der Waals surface area contributed by atoms with Crippen LogP contribution in [0.15, 0.2) is 93.2 Å². The number of aryl methyl sites for hydroxylation is 2. The topological polar surface area (TPSA) is 101 Å². The molecule has 8 nitrogen and oxygen atoms in total. The normalized spacial score (nSPS) is 20.7. The highest BCUT2D eigenvalue weighted by atomic mass is 16.6. The van der Waals surface area contributed by atoms with Gasteiger partial charge in [-0.05, 0) is 101 Å². The fourth-order valence-corrected chi connectivity index (χ4v) is 7.06. The van der Waals surface area contributed by atoms with E-state index in [4.69, 9.17) is 23.4 Å². The van der Waals surface area contributed by atoms with Gasteiger partial charge in [0.05, 0.1) is 12.2 Å². The van der Waals surface area contributed by atoms with E-state index in [0.717, 1.165) is 29.5 Å². The number of carbonyl (C=O) groups excluding carboxylic acids is 2. The molecule has 0 amide bonds. The molecule has 3 aliphatic heterocycles. The summed E-state index contributed by atoms with van der Waals surface area (Å²) in [5.74, 6) is -0.539. The predicted molar refractivity (Wildman–Crippen MR) is 191 cm³/mol. The third-order valence-corrected chi connectivity index (χ3v) is 9.86. The fourth-order valence-electron chi connectivity index (χ4n) is 7.06. The molecule has 0 saturated carbocycles. The van der Waals surface area contributed by atoms with E-state index in [2.05, 4.69) is 36.4 Å². The second-order valence-corrected chi connectivity index (χ2v) is 14.2. The van der Waals surface area contributed by atoms with Gasteiger partial charge in [0.25, 0.3) is 0 Å². The molecule has 0 radical (unpaired) electrons.